The molecule has 0 unspecified atom stereocenters. The lowest BCUT2D eigenvalue weighted by Crippen LogP contribution is -2.30. The number of aromatic nitrogens is 2. The van der Waals surface area contributed by atoms with E-state index in [1.807, 2.05) is 12.1 Å². The number of carbonyl (C=O) groups is 2. The molecule has 0 bridgehead atoms. The Morgan fingerprint density at radius 2 is 1.96 bits per heavy atom. The third kappa shape index (κ3) is 3.55. The molecule has 0 saturated carbocycles. The lowest BCUT2D eigenvalue weighted by Gasteiger charge is -2.12. The number of amides is 1. The third-order valence-corrected chi connectivity index (χ3v) is 3.59. The van der Waals surface area contributed by atoms with Crippen molar-refractivity contribution in [3.63, 3.8) is 0 Å². The molecular weight excluding hydrogens is 330 g/mol. The summed E-state index contributed by atoms with van der Waals surface area (Å²) in [5.41, 5.74) is 1.34. The van der Waals surface area contributed by atoms with E-state index in [-0.39, 0.29) is 5.69 Å². The van der Waals surface area contributed by atoms with Crippen LogP contribution in [0, 0.1) is 0 Å². The smallest absolute Gasteiger partial charge is 0.359 e. The van der Waals surface area contributed by atoms with Crippen LogP contribution < -0.4 is 5.32 Å². The number of halogens is 1. The van der Waals surface area contributed by atoms with Gasteiger partial charge in [0.25, 0.3) is 5.91 Å². The van der Waals surface area contributed by atoms with E-state index < -0.39 is 18.0 Å². The summed E-state index contributed by atoms with van der Waals surface area (Å²) in [6.07, 6.45) is 2.37. The maximum absolute atomic E-state index is 12.1. The zero-order valence-electron chi connectivity index (χ0n) is 12.8. The van der Waals surface area contributed by atoms with Crippen LogP contribution >= 0.6 is 11.6 Å². The van der Waals surface area contributed by atoms with Gasteiger partial charge in [0.2, 0.25) is 0 Å². The van der Waals surface area contributed by atoms with E-state index in [0.29, 0.717) is 16.4 Å². The number of nitrogens with one attached hydrogen (secondary N) is 1. The first kappa shape index (κ1) is 16.0. The Kier molecular flexibility index (Phi) is 4.48. The molecule has 7 heteroatoms. The number of carbonyl (C=O) groups excluding carboxylic acids is 2. The van der Waals surface area contributed by atoms with Crippen molar-refractivity contribution < 1.29 is 14.3 Å². The van der Waals surface area contributed by atoms with Crippen LogP contribution in [0.25, 0.3) is 5.65 Å². The molecular formula is C17H14ClN3O3. The molecule has 2 aromatic heterocycles. The summed E-state index contributed by atoms with van der Waals surface area (Å²) in [7, 11) is 0. The Morgan fingerprint density at radius 1 is 1.21 bits per heavy atom. The fourth-order valence-electron chi connectivity index (χ4n) is 2.08. The van der Waals surface area contributed by atoms with Gasteiger partial charge in [-0.2, -0.15) is 0 Å². The van der Waals surface area contributed by atoms with Crippen LogP contribution in [-0.4, -0.2) is 27.4 Å². The Balaban J connectivity index is 1.64. The Morgan fingerprint density at radius 3 is 2.67 bits per heavy atom. The van der Waals surface area contributed by atoms with Crippen molar-refractivity contribution in [3.8, 4) is 0 Å². The lowest BCUT2D eigenvalue weighted by molar-refractivity contribution is -0.123. The van der Waals surface area contributed by atoms with Gasteiger partial charge < -0.3 is 14.5 Å². The number of rotatable bonds is 4. The van der Waals surface area contributed by atoms with Crippen LogP contribution in [0.2, 0.25) is 5.02 Å². The van der Waals surface area contributed by atoms with E-state index in [4.69, 9.17) is 16.3 Å². The van der Waals surface area contributed by atoms with Gasteiger partial charge in [-0.1, -0.05) is 17.7 Å². The third-order valence-electron chi connectivity index (χ3n) is 3.34. The summed E-state index contributed by atoms with van der Waals surface area (Å²) < 4.78 is 6.87. The average Bonchev–Trinajstić information content (AvgIpc) is 3.01. The summed E-state index contributed by atoms with van der Waals surface area (Å²) in [6, 6.07) is 12.1. The van der Waals surface area contributed by atoms with Crippen molar-refractivity contribution in [2.24, 2.45) is 0 Å². The van der Waals surface area contributed by atoms with Crippen LogP contribution in [0.15, 0.2) is 54.9 Å². The highest BCUT2D eigenvalue weighted by Gasteiger charge is 2.21. The van der Waals surface area contributed by atoms with Crippen molar-refractivity contribution in [2.45, 2.75) is 13.0 Å². The molecule has 24 heavy (non-hydrogen) atoms. The van der Waals surface area contributed by atoms with E-state index in [0.717, 1.165) is 0 Å². The number of pyridine rings is 1. The zero-order chi connectivity index (χ0) is 17.1. The van der Waals surface area contributed by atoms with Crippen molar-refractivity contribution in [1.29, 1.82) is 0 Å². The molecule has 6 nitrogen and oxygen atoms in total. The van der Waals surface area contributed by atoms with Crippen molar-refractivity contribution in [2.75, 3.05) is 5.32 Å². The average molecular weight is 344 g/mol. The molecule has 0 aliphatic rings. The maximum atomic E-state index is 12.1. The lowest BCUT2D eigenvalue weighted by atomic mass is 10.3. The topological polar surface area (TPSA) is 72.7 Å². The van der Waals surface area contributed by atoms with Crippen molar-refractivity contribution >= 4 is 34.8 Å². The maximum Gasteiger partial charge on any atom is 0.359 e. The first-order valence-electron chi connectivity index (χ1n) is 7.24. The van der Waals surface area contributed by atoms with Gasteiger partial charge in [-0.05, 0) is 43.3 Å². The Labute approximate surface area is 143 Å². The van der Waals surface area contributed by atoms with Crippen LogP contribution in [0.4, 0.5) is 5.69 Å². The van der Waals surface area contributed by atoms with Crippen molar-refractivity contribution in [1.82, 2.24) is 9.38 Å². The number of hydrogen-bond acceptors (Lipinski definition) is 4. The number of hydrogen-bond donors (Lipinski definition) is 1. The number of imidazole rings is 1. The summed E-state index contributed by atoms with van der Waals surface area (Å²) >= 11 is 5.79. The molecule has 122 valence electrons. The van der Waals surface area contributed by atoms with E-state index in [1.165, 1.54) is 6.92 Å². The quantitative estimate of drug-likeness (QED) is 0.738. The predicted molar refractivity (Wildman–Crippen MR) is 90.2 cm³/mol. The van der Waals surface area contributed by atoms with Gasteiger partial charge >= 0.3 is 5.97 Å². The summed E-state index contributed by atoms with van der Waals surface area (Å²) in [5.74, 6) is -1.09. The molecule has 1 aromatic carbocycles. The molecule has 0 fully saturated rings. The predicted octanol–water partition coefficient (Wildman–Crippen LogP) is 3.17. The standard InChI is InChI=1S/C17H14ClN3O3/c1-11(16(22)19-13-7-5-12(18)6-8-13)24-17(23)14-10-21-9-3-2-4-15(21)20-14/h2-11H,1H3,(H,19,22)/t11-/m0/s1. The van der Waals surface area contributed by atoms with Gasteiger partial charge in [0.05, 0.1) is 0 Å². The van der Waals surface area contributed by atoms with E-state index in [1.54, 1.807) is 47.1 Å². The number of ether oxygens (including phenoxy) is 1. The van der Waals surface area contributed by atoms with Crippen LogP contribution in [-0.2, 0) is 9.53 Å². The van der Waals surface area contributed by atoms with Gasteiger partial charge in [-0.3, -0.25) is 4.79 Å². The number of esters is 1. The molecule has 0 radical (unpaired) electrons. The molecule has 1 N–H and O–H groups in total. The van der Waals surface area contributed by atoms with Crippen LogP contribution in [0.3, 0.4) is 0 Å². The van der Waals surface area contributed by atoms with E-state index in [9.17, 15) is 9.59 Å². The highest BCUT2D eigenvalue weighted by atomic mass is 35.5. The molecule has 3 aromatic rings. The van der Waals surface area contributed by atoms with E-state index >= 15 is 0 Å². The van der Waals surface area contributed by atoms with Crippen LogP contribution in [0.1, 0.15) is 17.4 Å². The fraction of sp³-hybridized carbons (Fsp3) is 0.118. The highest BCUT2D eigenvalue weighted by Crippen LogP contribution is 2.14. The van der Waals surface area contributed by atoms with Gasteiger partial charge in [-0.15, -0.1) is 0 Å². The molecule has 0 aliphatic heterocycles. The SMILES string of the molecule is C[C@H](OC(=O)c1cn2ccccc2n1)C(=O)Nc1ccc(Cl)cc1. The molecule has 2 heterocycles. The first-order chi connectivity index (χ1) is 11.5. The molecule has 0 saturated heterocycles. The van der Waals surface area contributed by atoms with Gasteiger partial charge in [-0.25, -0.2) is 9.78 Å². The summed E-state index contributed by atoms with van der Waals surface area (Å²) in [4.78, 5) is 28.4. The normalized spacial score (nSPS) is 11.9. The summed E-state index contributed by atoms with van der Waals surface area (Å²) in [5, 5.41) is 3.22. The fourth-order valence-corrected chi connectivity index (χ4v) is 2.21. The van der Waals surface area contributed by atoms with Crippen LogP contribution in [0.5, 0.6) is 0 Å². The molecule has 3 rings (SSSR count). The Hall–Kier alpha value is -2.86. The molecule has 1 atom stereocenters. The minimum Gasteiger partial charge on any atom is -0.448 e. The Bertz CT molecular complexity index is 856. The highest BCUT2D eigenvalue weighted by molar-refractivity contribution is 6.30. The second-order valence-corrected chi connectivity index (χ2v) is 5.57. The zero-order valence-corrected chi connectivity index (χ0v) is 13.5. The summed E-state index contributed by atoms with van der Waals surface area (Å²) in [6.45, 7) is 1.50. The second kappa shape index (κ2) is 6.72. The number of benzene rings is 1. The molecule has 0 spiro atoms. The molecule has 1 amide bonds. The number of nitrogens with zero attached hydrogens (tertiary/aromatic N) is 2. The number of fused-ring (bicyclic) bond motifs is 1. The number of anilines is 1. The first-order valence-corrected chi connectivity index (χ1v) is 7.62. The van der Waals surface area contributed by atoms with Gasteiger partial charge in [0.1, 0.15) is 5.65 Å². The van der Waals surface area contributed by atoms with E-state index in [2.05, 4.69) is 10.3 Å². The largest absolute Gasteiger partial charge is 0.448 e. The minimum absolute atomic E-state index is 0.146. The minimum atomic E-state index is -0.960. The molecule has 0 aliphatic carbocycles. The second-order valence-electron chi connectivity index (χ2n) is 5.14. The van der Waals surface area contributed by atoms with Crippen molar-refractivity contribution in [3.05, 3.63) is 65.6 Å². The van der Waals surface area contributed by atoms with Gasteiger partial charge in [0.15, 0.2) is 11.8 Å². The van der Waals surface area contributed by atoms with Gasteiger partial charge in [0, 0.05) is 23.1 Å². The monoisotopic (exact) mass is 343 g/mol.